The van der Waals surface area contributed by atoms with Gasteiger partial charge in [-0.3, -0.25) is 9.71 Å². The van der Waals surface area contributed by atoms with Crippen molar-refractivity contribution in [2.45, 2.75) is 25.0 Å². The molecule has 1 aliphatic heterocycles. The smallest absolute Gasteiger partial charge is 0.235 e. The summed E-state index contributed by atoms with van der Waals surface area (Å²) in [6, 6.07) is 9.44. The topological polar surface area (TPSA) is 71.1 Å². The molecule has 2 N–H and O–H groups in total. The van der Waals surface area contributed by atoms with E-state index >= 15 is 0 Å². The van der Waals surface area contributed by atoms with Crippen molar-refractivity contribution in [2.75, 3.05) is 17.8 Å². The lowest BCUT2D eigenvalue weighted by molar-refractivity contribution is 0.499. The summed E-state index contributed by atoms with van der Waals surface area (Å²) >= 11 is 0. The highest BCUT2D eigenvalue weighted by molar-refractivity contribution is 7.93. The highest BCUT2D eigenvalue weighted by Crippen LogP contribution is 2.25. The Morgan fingerprint density at radius 2 is 1.95 bits per heavy atom. The predicted molar refractivity (Wildman–Crippen MR) is 84.9 cm³/mol. The summed E-state index contributed by atoms with van der Waals surface area (Å²) in [5.74, 6) is 0. The molecule has 3 rings (SSSR count). The van der Waals surface area contributed by atoms with E-state index in [1.54, 1.807) is 6.07 Å². The van der Waals surface area contributed by atoms with E-state index in [-0.39, 0.29) is 5.25 Å². The molecule has 6 heteroatoms. The zero-order valence-electron chi connectivity index (χ0n) is 12.0. The van der Waals surface area contributed by atoms with Gasteiger partial charge in [-0.15, -0.1) is 0 Å². The minimum Gasteiger partial charge on any atom is -0.317 e. The number of para-hydroxylation sites is 1. The van der Waals surface area contributed by atoms with Crippen LogP contribution >= 0.6 is 0 Å². The van der Waals surface area contributed by atoms with Crippen LogP contribution in [-0.2, 0) is 10.0 Å². The van der Waals surface area contributed by atoms with Gasteiger partial charge in [0, 0.05) is 11.1 Å². The standard InChI is InChI=1S/C15H19N3O2S/c1-11-5-6-12-3-2-4-14(15(12)17-11)18-21(19,20)13-7-9-16-10-8-13/h2-6,13,16,18H,7-10H2,1H3. The van der Waals surface area contributed by atoms with E-state index in [2.05, 4.69) is 15.0 Å². The number of hydrogen-bond acceptors (Lipinski definition) is 4. The molecule has 0 radical (unpaired) electrons. The first kappa shape index (κ1) is 14.3. The Labute approximate surface area is 124 Å². The number of pyridine rings is 1. The molecule has 5 nitrogen and oxygen atoms in total. The average molecular weight is 305 g/mol. The lowest BCUT2D eigenvalue weighted by Crippen LogP contribution is -2.38. The van der Waals surface area contributed by atoms with Crippen molar-refractivity contribution in [2.24, 2.45) is 0 Å². The van der Waals surface area contributed by atoms with Gasteiger partial charge in [-0.1, -0.05) is 18.2 Å². The van der Waals surface area contributed by atoms with E-state index in [4.69, 9.17) is 0 Å². The molecule has 1 aromatic heterocycles. The van der Waals surface area contributed by atoms with Gasteiger partial charge < -0.3 is 5.32 Å². The molecule has 1 aliphatic rings. The molecule has 0 bridgehead atoms. The van der Waals surface area contributed by atoms with Crippen LogP contribution in [0.25, 0.3) is 10.9 Å². The number of sulfonamides is 1. The van der Waals surface area contributed by atoms with E-state index in [0.29, 0.717) is 24.0 Å². The summed E-state index contributed by atoms with van der Waals surface area (Å²) in [5, 5.41) is 3.78. The Balaban J connectivity index is 1.95. The van der Waals surface area contributed by atoms with Gasteiger partial charge in [0.05, 0.1) is 16.5 Å². The molecule has 1 fully saturated rings. The van der Waals surface area contributed by atoms with Gasteiger partial charge in [0.1, 0.15) is 0 Å². The van der Waals surface area contributed by atoms with Crippen LogP contribution in [0, 0.1) is 6.92 Å². The highest BCUT2D eigenvalue weighted by Gasteiger charge is 2.27. The van der Waals surface area contributed by atoms with Crippen molar-refractivity contribution in [3.05, 3.63) is 36.0 Å². The van der Waals surface area contributed by atoms with Crippen molar-refractivity contribution in [3.8, 4) is 0 Å². The Morgan fingerprint density at radius 3 is 2.71 bits per heavy atom. The van der Waals surface area contributed by atoms with Crippen LogP contribution in [0.4, 0.5) is 5.69 Å². The summed E-state index contributed by atoms with van der Waals surface area (Å²) in [4.78, 5) is 4.47. The van der Waals surface area contributed by atoms with Crippen LogP contribution in [0.3, 0.4) is 0 Å². The monoisotopic (exact) mass is 305 g/mol. The maximum Gasteiger partial charge on any atom is 0.235 e. The van der Waals surface area contributed by atoms with Gasteiger partial charge in [-0.25, -0.2) is 8.42 Å². The van der Waals surface area contributed by atoms with Crippen LogP contribution in [0.5, 0.6) is 0 Å². The Bertz CT molecular complexity index is 753. The van der Waals surface area contributed by atoms with Crippen LogP contribution in [-0.4, -0.2) is 31.7 Å². The van der Waals surface area contributed by atoms with Crippen LogP contribution in [0.1, 0.15) is 18.5 Å². The van der Waals surface area contributed by atoms with Crippen molar-refractivity contribution in [1.29, 1.82) is 0 Å². The predicted octanol–water partition coefficient (Wildman–Crippen LogP) is 2.04. The third kappa shape index (κ3) is 3.01. The molecule has 2 heterocycles. The zero-order chi connectivity index (χ0) is 14.9. The van der Waals surface area contributed by atoms with E-state index in [9.17, 15) is 8.42 Å². The molecular weight excluding hydrogens is 286 g/mol. The van der Waals surface area contributed by atoms with Crippen molar-refractivity contribution >= 4 is 26.6 Å². The largest absolute Gasteiger partial charge is 0.317 e. The third-order valence-corrected chi connectivity index (χ3v) is 5.69. The molecule has 0 spiro atoms. The maximum absolute atomic E-state index is 12.5. The van der Waals surface area contributed by atoms with Gasteiger partial charge in [-0.05, 0) is 45.0 Å². The first-order chi connectivity index (χ1) is 10.1. The lowest BCUT2D eigenvalue weighted by atomic mass is 10.2. The molecule has 21 heavy (non-hydrogen) atoms. The van der Waals surface area contributed by atoms with E-state index in [1.165, 1.54) is 0 Å². The van der Waals surface area contributed by atoms with Gasteiger partial charge >= 0.3 is 0 Å². The second kappa shape index (κ2) is 5.61. The summed E-state index contributed by atoms with van der Waals surface area (Å²) < 4.78 is 27.8. The molecule has 0 saturated carbocycles. The molecule has 0 atom stereocenters. The van der Waals surface area contributed by atoms with Crippen molar-refractivity contribution in [3.63, 3.8) is 0 Å². The van der Waals surface area contributed by atoms with E-state index in [1.807, 2.05) is 31.2 Å². The normalized spacial score (nSPS) is 17.0. The molecule has 2 aromatic rings. The molecule has 112 valence electrons. The molecule has 0 amide bonds. The van der Waals surface area contributed by atoms with Crippen LogP contribution in [0.2, 0.25) is 0 Å². The third-order valence-electron chi connectivity index (χ3n) is 3.84. The lowest BCUT2D eigenvalue weighted by Gasteiger charge is -2.23. The Kier molecular flexibility index (Phi) is 3.82. The fourth-order valence-electron chi connectivity index (χ4n) is 2.67. The molecule has 0 aliphatic carbocycles. The number of aromatic nitrogens is 1. The summed E-state index contributed by atoms with van der Waals surface area (Å²) in [6.07, 6.45) is 1.29. The number of aryl methyl sites for hydroxylation is 1. The quantitative estimate of drug-likeness (QED) is 0.910. The zero-order valence-corrected chi connectivity index (χ0v) is 12.8. The fraction of sp³-hybridized carbons (Fsp3) is 0.400. The number of rotatable bonds is 3. The number of anilines is 1. The first-order valence-corrected chi connectivity index (χ1v) is 8.69. The number of hydrogen-bond donors (Lipinski definition) is 2. The van der Waals surface area contributed by atoms with Gasteiger partial charge in [-0.2, -0.15) is 0 Å². The van der Waals surface area contributed by atoms with E-state index < -0.39 is 10.0 Å². The van der Waals surface area contributed by atoms with Crippen molar-refractivity contribution < 1.29 is 8.42 Å². The molecule has 1 saturated heterocycles. The average Bonchev–Trinajstić information content (AvgIpc) is 2.48. The first-order valence-electron chi connectivity index (χ1n) is 7.15. The number of fused-ring (bicyclic) bond motifs is 1. The number of nitrogens with zero attached hydrogens (tertiary/aromatic N) is 1. The minimum atomic E-state index is -3.37. The van der Waals surface area contributed by atoms with Crippen molar-refractivity contribution in [1.82, 2.24) is 10.3 Å². The summed E-state index contributed by atoms with van der Waals surface area (Å²) in [7, 11) is -3.37. The number of piperidine rings is 1. The van der Waals surface area contributed by atoms with Crippen LogP contribution < -0.4 is 10.0 Å². The van der Waals surface area contributed by atoms with E-state index in [0.717, 1.165) is 24.2 Å². The number of benzene rings is 1. The second-order valence-corrected chi connectivity index (χ2v) is 7.39. The maximum atomic E-state index is 12.5. The van der Waals surface area contributed by atoms with Crippen LogP contribution in [0.15, 0.2) is 30.3 Å². The Hall–Kier alpha value is -1.66. The Morgan fingerprint density at radius 1 is 1.19 bits per heavy atom. The SMILES string of the molecule is Cc1ccc2cccc(NS(=O)(=O)C3CCNCC3)c2n1. The van der Waals surface area contributed by atoms with Gasteiger partial charge in [0.2, 0.25) is 10.0 Å². The number of nitrogens with one attached hydrogen (secondary N) is 2. The van der Waals surface area contributed by atoms with Gasteiger partial charge in [0.25, 0.3) is 0 Å². The molecule has 1 aromatic carbocycles. The van der Waals surface area contributed by atoms with Gasteiger partial charge in [0.15, 0.2) is 0 Å². The molecular formula is C15H19N3O2S. The summed E-state index contributed by atoms with van der Waals surface area (Å²) in [5.41, 5.74) is 2.14. The minimum absolute atomic E-state index is 0.334. The second-order valence-electron chi connectivity index (χ2n) is 5.43. The molecule has 0 unspecified atom stereocenters. The summed E-state index contributed by atoms with van der Waals surface area (Å²) in [6.45, 7) is 3.40. The highest BCUT2D eigenvalue weighted by atomic mass is 32.2. The fourth-order valence-corrected chi connectivity index (χ4v) is 4.16.